The highest BCUT2D eigenvalue weighted by atomic mass is 16.5. The number of rotatable bonds is 5. The molecule has 15 heavy (non-hydrogen) atoms. The van der Waals surface area contributed by atoms with Crippen LogP contribution in [0.2, 0.25) is 0 Å². The number of nitrogens with one attached hydrogen (secondary N) is 1. The summed E-state index contributed by atoms with van der Waals surface area (Å²) in [6.07, 6.45) is 8.55. The maximum Gasteiger partial charge on any atom is 0.0935 e. The van der Waals surface area contributed by atoms with Crippen LogP contribution in [0, 0.1) is 0 Å². The lowest BCUT2D eigenvalue weighted by molar-refractivity contribution is 0.0954. The Labute approximate surface area is 90.8 Å². The molecular formula is C12H19NO2. The molecule has 1 aromatic heterocycles. The topological polar surface area (TPSA) is 34.4 Å². The van der Waals surface area contributed by atoms with Gasteiger partial charge < -0.3 is 14.5 Å². The fourth-order valence-electron chi connectivity index (χ4n) is 2.14. The summed E-state index contributed by atoms with van der Waals surface area (Å²) < 4.78 is 10.7. The SMILES string of the molecule is CNC(Cc1ccoc1)CC1CCCO1. The quantitative estimate of drug-likeness (QED) is 0.805. The first kappa shape index (κ1) is 10.7. The van der Waals surface area contributed by atoms with Crippen molar-refractivity contribution >= 4 is 0 Å². The molecule has 1 fully saturated rings. The Morgan fingerprint density at radius 2 is 2.53 bits per heavy atom. The second-order valence-corrected chi connectivity index (χ2v) is 4.19. The Balaban J connectivity index is 1.81. The van der Waals surface area contributed by atoms with Crippen molar-refractivity contribution in [2.24, 2.45) is 0 Å². The molecule has 1 saturated heterocycles. The van der Waals surface area contributed by atoms with Gasteiger partial charge in [-0.2, -0.15) is 0 Å². The van der Waals surface area contributed by atoms with Gasteiger partial charge in [0.25, 0.3) is 0 Å². The Hall–Kier alpha value is -0.800. The molecule has 2 unspecified atom stereocenters. The summed E-state index contributed by atoms with van der Waals surface area (Å²) in [4.78, 5) is 0. The molecular weight excluding hydrogens is 190 g/mol. The second-order valence-electron chi connectivity index (χ2n) is 4.19. The van der Waals surface area contributed by atoms with Crippen molar-refractivity contribution in [2.75, 3.05) is 13.7 Å². The van der Waals surface area contributed by atoms with Gasteiger partial charge in [-0.25, -0.2) is 0 Å². The molecule has 2 heterocycles. The van der Waals surface area contributed by atoms with E-state index in [0.717, 1.165) is 19.4 Å². The average Bonchev–Trinajstić information content (AvgIpc) is 2.89. The fourth-order valence-corrected chi connectivity index (χ4v) is 2.14. The number of hydrogen-bond acceptors (Lipinski definition) is 3. The van der Waals surface area contributed by atoms with Gasteiger partial charge in [0.2, 0.25) is 0 Å². The summed E-state index contributed by atoms with van der Waals surface area (Å²) in [6, 6.07) is 2.52. The predicted octanol–water partition coefficient (Wildman–Crippen LogP) is 1.98. The van der Waals surface area contributed by atoms with Crippen molar-refractivity contribution < 1.29 is 9.15 Å². The minimum absolute atomic E-state index is 0.453. The van der Waals surface area contributed by atoms with Crippen molar-refractivity contribution in [1.82, 2.24) is 5.32 Å². The zero-order chi connectivity index (χ0) is 10.5. The van der Waals surface area contributed by atoms with Crippen molar-refractivity contribution in [3.05, 3.63) is 24.2 Å². The maximum atomic E-state index is 5.64. The zero-order valence-electron chi connectivity index (χ0n) is 9.24. The highest BCUT2D eigenvalue weighted by Crippen LogP contribution is 2.18. The Kier molecular flexibility index (Phi) is 3.80. The molecule has 1 N–H and O–H groups in total. The number of ether oxygens (including phenoxy) is 1. The molecule has 0 radical (unpaired) electrons. The van der Waals surface area contributed by atoms with Gasteiger partial charge in [-0.05, 0) is 44.4 Å². The van der Waals surface area contributed by atoms with Gasteiger partial charge >= 0.3 is 0 Å². The second kappa shape index (κ2) is 5.33. The van der Waals surface area contributed by atoms with Gasteiger partial charge in [0.1, 0.15) is 0 Å². The van der Waals surface area contributed by atoms with E-state index in [1.165, 1.54) is 18.4 Å². The molecule has 0 bridgehead atoms. The van der Waals surface area contributed by atoms with Gasteiger partial charge in [0.05, 0.1) is 18.6 Å². The molecule has 1 aliphatic rings. The van der Waals surface area contributed by atoms with Crippen LogP contribution in [0.25, 0.3) is 0 Å². The molecule has 2 rings (SSSR count). The number of furan rings is 1. The highest BCUT2D eigenvalue weighted by molar-refractivity contribution is 5.07. The first-order chi connectivity index (χ1) is 7.38. The van der Waals surface area contributed by atoms with E-state index < -0.39 is 0 Å². The third-order valence-corrected chi connectivity index (χ3v) is 3.04. The van der Waals surface area contributed by atoms with E-state index in [1.807, 2.05) is 19.4 Å². The molecule has 3 heteroatoms. The lowest BCUT2D eigenvalue weighted by Crippen LogP contribution is -2.31. The van der Waals surface area contributed by atoms with E-state index in [-0.39, 0.29) is 0 Å². The summed E-state index contributed by atoms with van der Waals surface area (Å²) in [5.74, 6) is 0. The van der Waals surface area contributed by atoms with Crippen LogP contribution in [-0.4, -0.2) is 25.8 Å². The lowest BCUT2D eigenvalue weighted by Gasteiger charge is -2.19. The normalized spacial score (nSPS) is 23.1. The summed E-state index contributed by atoms with van der Waals surface area (Å²) in [7, 11) is 2.01. The van der Waals surface area contributed by atoms with E-state index in [2.05, 4.69) is 5.32 Å². The zero-order valence-corrected chi connectivity index (χ0v) is 9.24. The average molecular weight is 209 g/mol. The molecule has 2 atom stereocenters. The Morgan fingerprint density at radius 1 is 1.60 bits per heavy atom. The van der Waals surface area contributed by atoms with Crippen LogP contribution in [0.4, 0.5) is 0 Å². The van der Waals surface area contributed by atoms with E-state index in [1.54, 1.807) is 6.26 Å². The molecule has 0 saturated carbocycles. The van der Waals surface area contributed by atoms with Gasteiger partial charge in [0.15, 0.2) is 0 Å². The van der Waals surface area contributed by atoms with Crippen LogP contribution in [0.15, 0.2) is 23.0 Å². The molecule has 3 nitrogen and oxygen atoms in total. The van der Waals surface area contributed by atoms with Crippen molar-refractivity contribution in [1.29, 1.82) is 0 Å². The Bertz CT molecular complexity index is 265. The smallest absolute Gasteiger partial charge is 0.0935 e. The minimum Gasteiger partial charge on any atom is -0.472 e. The van der Waals surface area contributed by atoms with Crippen LogP contribution < -0.4 is 5.32 Å². The first-order valence-electron chi connectivity index (χ1n) is 5.68. The van der Waals surface area contributed by atoms with Crippen LogP contribution >= 0.6 is 0 Å². The van der Waals surface area contributed by atoms with Gasteiger partial charge in [-0.1, -0.05) is 0 Å². The minimum atomic E-state index is 0.453. The number of hydrogen-bond donors (Lipinski definition) is 1. The van der Waals surface area contributed by atoms with E-state index in [0.29, 0.717) is 12.1 Å². The van der Waals surface area contributed by atoms with Crippen molar-refractivity contribution in [3.63, 3.8) is 0 Å². The molecule has 0 aromatic carbocycles. The van der Waals surface area contributed by atoms with Crippen LogP contribution in [0.5, 0.6) is 0 Å². The number of likely N-dealkylation sites (N-methyl/N-ethyl adjacent to an activating group) is 1. The molecule has 0 amide bonds. The fraction of sp³-hybridized carbons (Fsp3) is 0.667. The van der Waals surface area contributed by atoms with E-state index in [9.17, 15) is 0 Å². The third-order valence-electron chi connectivity index (χ3n) is 3.04. The summed E-state index contributed by atoms with van der Waals surface area (Å²) in [5, 5.41) is 3.35. The highest BCUT2D eigenvalue weighted by Gasteiger charge is 2.20. The molecule has 0 spiro atoms. The maximum absolute atomic E-state index is 5.64. The first-order valence-corrected chi connectivity index (χ1v) is 5.68. The summed E-state index contributed by atoms with van der Waals surface area (Å²) >= 11 is 0. The van der Waals surface area contributed by atoms with Crippen molar-refractivity contribution in [2.45, 2.75) is 37.8 Å². The van der Waals surface area contributed by atoms with Crippen molar-refractivity contribution in [3.8, 4) is 0 Å². The molecule has 0 aliphatic carbocycles. The Morgan fingerprint density at radius 3 is 3.13 bits per heavy atom. The summed E-state index contributed by atoms with van der Waals surface area (Å²) in [5.41, 5.74) is 1.26. The molecule has 84 valence electrons. The van der Waals surface area contributed by atoms with Crippen LogP contribution in [-0.2, 0) is 11.2 Å². The third kappa shape index (κ3) is 3.08. The standard InChI is InChI=1S/C12H19NO2/c1-13-11(7-10-4-6-14-9-10)8-12-3-2-5-15-12/h4,6,9,11-13H,2-3,5,7-8H2,1H3. The van der Waals surface area contributed by atoms with Crippen LogP contribution in [0.3, 0.4) is 0 Å². The monoisotopic (exact) mass is 209 g/mol. The molecule has 1 aromatic rings. The van der Waals surface area contributed by atoms with Crippen LogP contribution in [0.1, 0.15) is 24.8 Å². The lowest BCUT2D eigenvalue weighted by atomic mass is 10.0. The van der Waals surface area contributed by atoms with Gasteiger partial charge in [-0.3, -0.25) is 0 Å². The van der Waals surface area contributed by atoms with Gasteiger partial charge in [-0.15, -0.1) is 0 Å². The van der Waals surface area contributed by atoms with E-state index in [4.69, 9.17) is 9.15 Å². The largest absolute Gasteiger partial charge is 0.472 e. The molecule has 1 aliphatic heterocycles. The van der Waals surface area contributed by atoms with Gasteiger partial charge in [0, 0.05) is 12.6 Å². The van der Waals surface area contributed by atoms with E-state index >= 15 is 0 Å². The summed E-state index contributed by atoms with van der Waals surface area (Å²) in [6.45, 7) is 0.937. The predicted molar refractivity (Wildman–Crippen MR) is 58.9 cm³/mol.